The summed E-state index contributed by atoms with van der Waals surface area (Å²) in [6.07, 6.45) is -4.68. The summed E-state index contributed by atoms with van der Waals surface area (Å²) in [5.41, 5.74) is -0.412. The van der Waals surface area contributed by atoms with E-state index in [2.05, 4.69) is 4.98 Å². The zero-order valence-corrected chi connectivity index (χ0v) is 12.3. The molecule has 10 nitrogen and oxygen atoms in total. The molecule has 0 spiro atoms. The molecule has 13 heteroatoms. The second-order valence-corrected chi connectivity index (χ2v) is 6.62. The van der Waals surface area contributed by atoms with E-state index in [1.165, 1.54) is 0 Å². The van der Waals surface area contributed by atoms with E-state index < -0.39 is 49.9 Å². The van der Waals surface area contributed by atoms with Crippen LogP contribution in [0.1, 0.15) is 6.23 Å². The molecule has 1 aliphatic rings. The molecule has 1 aromatic rings. The van der Waals surface area contributed by atoms with E-state index >= 15 is 0 Å². The molecular weight excluding hydrogens is 343 g/mol. The van der Waals surface area contributed by atoms with E-state index in [1.807, 2.05) is 0 Å². The molecule has 0 unspecified atom stereocenters. The maximum atomic E-state index is 13.9. The highest BCUT2D eigenvalue weighted by atomic mass is 31.2. The average molecular weight is 357 g/mol. The van der Waals surface area contributed by atoms with Crippen molar-refractivity contribution in [2.75, 3.05) is 12.3 Å². The van der Waals surface area contributed by atoms with E-state index in [9.17, 15) is 23.2 Å². The monoisotopic (exact) mass is 357 g/mol. The van der Waals surface area contributed by atoms with Crippen molar-refractivity contribution in [2.24, 2.45) is 5.92 Å². The third kappa shape index (κ3) is 3.01. The molecule has 1 aliphatic heterocycles. The first-order chi connectivity index (χ1) is 10.5. The van der Waals surface area contributed by atoms with Gasteiger partial charge in [-0.25, -0.2) is 4.79 Å². The second kappa shape index (κ2) is 5.89. The maximum absolute atomic E-state index is 13.9. The van der Waals surface area contributed by atoms with Gasteiger partial charge in [0.25, 0.3) is 0 Å². The molecule has 0 radical (unpaired) electrons. The molecule has 1 aromatic heterocycles. The number of aromatic nitrogens is 2. The van der Waals surface area contributed by atoms with Crippen LogP contribution in [0.2, 0.25) is 0 Å². The smallest absolute Gasteiger partial charge is 0.394 e. The SMILES string of the molecule is Nc1ccn([C@@H]2O[C@H](CO)[C@@H](C(F)(F)P(=O)(O)O)[C@H]2O)c(=O)n1. The van der Waals surface area contributed by atoms with E-state index in [0.717, 1.165) is 12.3 Å². The Bertz CT molecular complexity index is 693. The number of ether oxygens (including phenoxy) is 1. The van der Waals surface area contributed by atoms with Crippen molar-refractivity contribution in [3.05, 3.63) is 22.7 Å². The molecule has 6 N–H and O–H groups in total. The Balaban J connectivity index is 2.45. The van der Waals surface area contributed by atoms with Gasteiger partial charge >= 0.3 is 18.9 Å². The van der Waals surface area contributed by atoms with Crippen molar-refractivity contribution in [1.82, 2.24) is 9.55 Å². The molecule has 0 bridgehead atoms. The van der Waals surface area contributed by atoms with Gasteiger partial charge in [0.05, 0.1) is 18.6 Å². The molecule has 130 valence electrons. The number of aliphatic hydroxyl groups excluding tert-OH is 2. The molecule has 0 amide bonds. The number of aliphatic hydroxyl groups is 2. The van der Waals surface area contributed by atoms with Crippen LogP contribution in [-0.4, -0.2) is 54.0 Å². The molecule has 2 heterocycles. The highest BCUT2D eigenvalue weighted by Gasteiger charge is 2.65. The minimum absolute atomic E-state index is 0.158. The Hall–Kier alpha value is -1.43. The fraction of sp³-hybridized carbons (Fsp3) is 0.600. The maximum Gasteiger partial charge on any atom is 0.395 e. The topological polar surface area (TPSA) is 168 Å². The van der Waals surface area contributed by atoms with Crippen LogP contribution in [0.5, 0.6) is 0 Å². The number of rotatable bonds is 4. The first kappa shape index (κ1) is 17.9. The highest BCUT2D eigenvalue weighted by molar-refractivity contribution is 7.53. The predicted octanol–water partition coefficient (Wildman–Crippen LogP) is -1.54. The summed E-state index contributed by atoms with van der Waals surface area (Å²) in [5, 5.41) is 19.1. The zero-order valence-electron chi connectivity index (χ0n) is 11.4. The van der Waals surface area contributed by atoms with Gasteiger partial charge in [0.1, 0.15) is 11.9 Å². The van der Waals surface area contributed by atoms with Crippen LogP contribution in [-0.2, 0) is 9.30 Å². The van der Waals surface area contributed by atoms with Crippen molar-refractivity contribution in [2.45, 2.75) is 24.1 Å². The van der Waals surface area contributed by atoms with Gasteiger partial charge in [0.15, 0.2) is 6.23 Å². The van der Waals surface area contributed by atoms with E-state index in [-0.39, 0.29) is 5.82 Å². The number of hydrogen-bond acceptors (Lipinski definition) is 7. The summed E-state index contributed by atoms with van der Waals surface area (Å²) in [6.45, 7) is -1.05. The fourth-order valence-corrected chi connectivity index (χ4v) is 3.08. The lowest BCUT2D eigenvalue weighted by atomic mass is 9.98. The molecule has 23 heavy (non-hydrogen) atoms. The number of hydrogen-bond donors (Lipinski definition) is 5. The van der Waals surface area contributed by atoms with Crippen molar-refractivity contribution in [3.63, 3.8) is 0 Å². The third-order valence-corrected chi connectivity index (χ3v) is 4.54. The summed E-state index contributed by atoms with van der Waals surface area (Å²) >= 11 is 0. The van der Waals surface area contributed by atoms with Gasteiger partial charge in [0.2, 0.25) is 0 Å². The molecule has 4 atom stereocenters. The van der Waals surface area contributed by atoms with Crippen LogP contribution < -0.4 is 11.4 Å². The van der Waals surface area contributed by atoms with E-state index in [0.29, 0.717) is 4.57 Å². The largest absolute Gasteiger partial charge is 0.395 e. The lowest BCUT2D eigenvalue weighted by Crippen LogP contribution is -2.43. The summed E-state index contributed by atoms with van der Waals surface area (Å²) in [4.78, 5) is 32.6. The number of alkyl halides is 2. The third-order valence-electron chi connectivity index (χ3n) is 3.47. The Kier molecular flexibility index (Phi) is 4.59. The van der Waals surface area contributed by atoms with Crippen LogP contribution in [0.15, 0.2) is 17.1 Å². The quantitative estimate of drug-likeness (QED) is 0.401. The lowest BCUT2D eigenvalue weighted by molar-refractivity contribution is -0.0716. The number of halogens is 2. The fourth-order valence-electron chi connectivity index (χ4n) is 2.37. The summed E-state index contributed by atoms with van der Waals surface area (Å²) in [6, 6.07) is 1.14. The van der Waals surface area contributed by atoms with Gasteiger partial charge in [0, 0.05) is 6.20 Å². The van der Waals surface area contributed by atoms with Crippen LogP contribution >= 0.6 is 7.60 Å². The standard InChI is InChI=1S/C10H14F2N3O7P/c11-10(12,23(19,20)21)6-4(3-16)22-8(7(6)17)15-2-1-5(13)14-9(15)18/h1-2,4,6-8,16-17H,3H2,(H2,13,14,18)(H2,19,20,21)/t4-,6-,7-,8-/m1/s1. The Morgan fingerprint density at radius 3 is 2.57 bits per heavy atom. The molecule has 0 saturated carbocycles. The molecule has 1 saturated heterocycles. The van der Waals surface area contributed by atoms with E-state index in [4.69, 9.17) is 25.4 Å². The van der Waals surface area contributed by atoms with Crippen LogP contribution in [0, 0.1) is 5.92 Å². The molecule has 0 aromatic carbocycles. The van der Waals surface area contributed by atoms with Gasteiger partial charge in [-0.05, 0) is 6.07 Å². The first-order valence-corrected chi connectivity index (χ1v) is 7.84. The normalized spacial score (nSPS) is 29.0. The van der Waals surface area contributed by atoms with Crippen molar-refractivity contribution >= 4 is 13.4 Å². The van der Waals surface area contributed by atoms with Crippen LogP contribution in [0.4, 0.5) is 14.6 Å². The summed E-state index contributed by atoms with van der Waals surface area (Å²) in [7, 11) is -5.95. The zero-order chi connectivity index (χ0) is 17.6. The number of nitrogen functional groups attached to an aromatic ring is 1. The Labute approximate surface area is 127 Å². The number of nitrogens with two attached hydrogens (primary N) is 1. The first-order valence-electron chi connectivity index (χ1n) is 6.23. The predicted molar refractivity (Wildman–Crippen MR) is 70.4 cm³/mol. The van der Waals surface area contributed by atoms with Crippen molar-refractivity contribution in [1.29, 1.82) is 0 Å². The van der Waals surface area contributed by atoms with Crippen LogP contribution in [0.25, 0.3) is 0 Å². The number of nitrogens with zero attached hydrogens (tertiary/aromatic N) is 2. The average Bonchev–Trinajstić information content (AvgIpc) is 2.75. The summed E-state index contributed by atoms with van der Waals surface area (Å²) in [5.74, 6) is -2.59. The van der Waals surface area contributed by atoms with Crippen molar-refractivity contribution < 1.29 is 38.1 Å². The van der Waals surface area contributed by atoms with Gasteiger partial charge in [-0.15, -0.1) is 0 Å². The van der Waals surface area contributed by atoms with Gasteiger partial charge in [-0.1, -0.05) is 0 Å². The minimum atomic E-state index is -5.95. The second-order valence-electron chi connectivity index (χ2n) is 4.94. The minimum Gasteiger partial charge on any atom is -0.394 e. The van der Waals surface area contributed by atoms with Gasteiger partial charge in [-0.2, -0.15) is 13.8 Å². The molecule has 1 fully saturated rings. The van der Waals surface area contributed by atoms with Crippen molar-refractivity contribution in [3.8, 4) is 0 Å². The van der Waals surface area contributed by atoms with Gasteiger partial charge in [-0.3, -0.25) is 9.13 Å². The molecule has 2 rings (SSSR count). The highest BCUT2D eigenvalue weighted by Crippen LogP contribution is 2.60. The lowest BCUT2D eigenvalue weighted by Gasteiger charge is -2.28. The Morgan fingerprint density at radius 2 is 2.09 bits per heavy atom. The molecular formula is C10H14F2N3O7P. The van der Waals surface area contributed by atoms with Crippen LogP contribution in [0.3, 0.4) is 0 Å². The summed E-state index contributed by atoms with van der Waals surface area (Å²) < 4.78 is 44.5. The Morgan fingerprint density at radius 1 is 1.48 bits per heavy atom. The number of anilines is 1. The molecule has 0 aliphatic carbocycles. The van der Waals surface area contributed by atoms with E-state index in [1.54, 1.807) is 0 Å². The van der Waals surface area contributed by atoms with Gasteiger partial charge < -0.3 is 30.5 Å².